The summed E-state index contributed by atoms with van der Waals surface area (Å²) in [6, 6.07) is 16.0. The summed E-state index contributed by atoms with van der Waals surface area (Å²) in [5, 5.41) is 7.14. The van der Waals surface area contributed by atoms with Crippen LogP contribution in [0, 0.1) is 0 Å². The first-order chi connectivity index (χ1) is 16.0. The summed E-state index contributed by atoms with van der Waals surface area (Å²) in [5.74, 6) is 1.36. The van der Waals surface area contributed by atoms with E-state index in [1.165, 1.54) is 12.1 Å². The van der Waals surface area contributed by atoms with Gasteiger partial charge in [-0.15, -0.1) is 0 Å². The van der Waals surface area contributed by atoms with Gasteiger partial charge in [-0.25, -0.2) is 17.8 Å². The molecule has 0 unspecified atom stereocenters. The van der Waals surface area contributed by atoms with Crippen LogP contribution in [-0.4, -0.2) is 43.9 Å². The number of nitrogens with one attached hydrogen (secondary N) is 2. The van der Waals surface area contributed by atoms with Crippen molar-refractivity contribution < 1.29 is 22.7 Å². The van der Waals surface area contributed by atoms with E-state index in [4.69, 9.17) is 9.47 Å². The first-order valence-corrected chi connectivity index (χ1v) is 12.3. The zero-order valence-corrected chi connectivity index (χ0v) is 18.9. The van der Waals surface area contributed by atoms with Crippen LogP contribution in [0.2, 0.25) is 0 Å². The molecular weight excluding hydrogens is 444 g/mol. The second-order valence-corrected chi connectivity index (χ2v) is 9.31. The van der Waals surface area contributed by atoms with Crippen LogP contribution in [0.3, 0.4) is 0 Å². The van der Waals surface area contributed by atoms with Gasteiger partial charge in [0.25, 0.3) is 0 Å². The molecule has 0 bridgehead atoms. The Morgan fingerprint density at radius 1 is 0.970 bits per heavy atom. The maximum Gasteiger partial charge on any atom is 0.240 e. The van der Waals surface area contributed by atoms with Crippen LogP contribution in [0.1, 0.15) is 25.7 Å². The number of nitrogens with zero attached hydrogens (tertiary/aromatic N) is 2. The molecule has 33 heavy (non-hydrogen) atoms. The number of aromatic nitrogens is 2. The van der Waals surface area contributed by atoms with Crippen LogP contribution in [0.15, 0.2) is 65.7 Å². The van der Waals surface area contributed by atoms with E-state index in [0.29, 0.717) is 56.3 Å². The van der Waals surface area contributed by atoms with Crippen molar-refractivity contribution in [3.63, 3.8) is 0 Å². The van der Waals surface area contributed by atoms with Gasteiger partial charge in [-0.2, -0.15) is 5.10 Å². The third kappa shape index (κ3) is 6.11. The van der Waals surface area contributed by atoms with Gasteiger partial charge >= 0.3 is 0 Å². The van der Waals surface area contributed by atoms with Gasteiger partial charge in [0.05, 0.1) is 10.6 Å². The molecule has 1 aliphatic heterocycles. The van der Waals surface area contributed by atoms with Crippen LogP contribution < -0.4 is 19.5 Å². The van der Waals surface area contributed by atoms with Gasteiger partial charge < -0.3 is 14.8 Å². The van der Waals surface area contributed by atoms with Crippen molar-refractivity contribution in [1.82, 2.24) is 14.5 Å². The van der Waals surface area contributed by atoms with Crippen molar-refractivity contribution in [2.75, 3.05) is 25.1 Å². The van der Waals surface area contributed by atoms with Gasteiger partial charge in [-0.1, -0.05) is 24.6 Å². The van der Waals surface area contributed by atoms with E-state index in [-0.39, 0.29) is 10.8 Å². The molecule has 0 aliphatic carbocycles. The smallest absolute Gasteiger partial charge is 0.240 e. The standard InChI is InChI=1S/C23H26N4O5S/c28-23(25-22-12-14-27(26-22)18-7-3-1-4-8-18)9-5-2-6-13-24-33(29,30)19-10-11-20-21(17-19)32-16-15-31-20/h1,3-4,7-8,10-12,14,17,24H,2,5-6,9,13,15-16H2,(H,25,26,28). The lowest BCUT2D eigenvalue weighted by Gasteiger charge is -2.18. The van der Waals surface area contributed by atoms with Crippen molar-refractivity contribution >= 4 is 21.7 Å². The van der Waals surface area contributed by atoms with Crippen molar-refractivity contribution in [3.8, 4) is 17.2 Å². The third-order valence-electron chi connectivity index (χ3n) is 5.07. The van der Waals surface area contributed by atoms with E-state index < -0.39 is 10.0 Å². The highest BCUT2D eigenvalue weighted by molar-refractivity contribution is 7.89. The number of carbonyl (C=O) groups is 1. The predicted octanol–water partition coefficient (Wildman–Crippen LogP) is 3.12. The fourth-order valence-corrected chi connectivity index (χ4v) is 4.48. The highest BCUT2D eigenvalue weighted by Crippen LogP contribution is 2.32. The monoisotopic (exact) mass is 470 g/mol. The molecule has 3 aromatic rings. The molecule has 2 heterocycles. The number of amides is 1. The molecule has 0 spiro atoms. The Morgan fingerprint density at radius 3 is 2.58 bits per heavy atom. The molecule has 0 atom stereocenters. The number of ether oxygens (including phenoxy) is 2. The number of rotatable bonds is 10. The summed E-state index contributed by atoms with van der Waals surface area (Å²) >= 11 is 0. The second kappa shape index (κ2) is 10.5. The predicted molar refractivity (Wildman–Crippen MR) is 123 cm³/mol. The largest absolute Gasteiger partial charge is 0.486 e. The summed E-state index contributed by atoms with van der Waals surface area (Å²) in [6.07, 6.45) is 4.12. The van der Waals surface area contributed by atoms with E-state index in [1.807, 2.05) is 30.3 Å². The van der Waals surface area contributed by atoms with Crippen molar-refractivity contribution in [1.29, 1.82) is 0 Å². The topological polar surface area (TPSA) is 112 Å². The normalized spacial score (nSPS) is 13.0. The Labute approximate surface area is 192 Å². The number of para-hydroxylation sites is 1. The molecule has 0 radical (unpaired) electrons. The highest BCUT2D eigenvalue weighted by atomic mass is 32.2. The Bertz CT molecular complexity index is 1190. The van der Waals surface area contributed by atoms with Crippen molar-refractivity contribution in [2.45, 2.75) is 30.6 Å². The van der Waals surface area contributed by atoms with Crippen LogP contribution in [0.4, 0.5) is 5.82 Å². The number of anilines is 1. The fraction of sp³-hybridized carbons (Fsp3) is 0.304. The SMILES string of the molecule is O=C(CCCCCNS(=O)(=O)c1ccc2c(c1)OCCO2)Nc1ccn(-c2ccccc2)n1. The number of hydrogen-bond acceptors (Lipinski definition) is 6. The van der Waals surface area contributed by atoms with Crippen molar-refractivity contribution in [2.24, 2.45) is 0 Å². The zero-order chi connectivity index (χ0) is 23.1. The third-order valence-corrected chi connectivity index (χ3v) is 6.53. The van der Waals surface area contributed by atoms with E-state index in [1.54, 1.807) is 23.0 Å². The summed E-state index contributed by atoms with van der Waals surface area (Å²) in [7, 11) is -3.63. The lowest BCUT2D eigenvalue weighted by Crippen LogP contribution is -2.25. The molecule has 2 aromatic carbocycles. The van der Waals surface area contributed by atoms with E-state index in [2.05, 4.69) is 15.1 Å². The molecule has 0 saturated heterocycles. The minimum absolute atomic E-state index is 0.120. The number of sulfonamides is 1. The molecular formula is C23H26N4O5S. The Kier molecular flexibility index (Phi) is 7.26. The Morgan fingerprint density at radius 2 is 1.76 bits per heavy atom. The maximum absolute atomic E-state index is 12.5. The molecule has 1 amide bonds. The van der Waals surface area contributed by atoms with Crippen LogP contribution in [0.5, 0.6) is 11.5 Å². The molecule has 0 saturated carbocycles. The Hall–Kier alpha value is -3.37. The van der Waals surface area contributed by atoms with Gasteiger partial charge in [0.15, 0.2) is 17.3 Å². The second-order valence-electron chi connectivity index (χ2n) is 7.54. The van der Waals surface area contributed by atoms with Gasteiger partial charge in [0.1, 0.15) is 13.2 Å². The van der Waals surface area contributed by atoms with Gasteiger partial charge in [-0.05, 0) is 37.1 Å². The number of fused-ring (bicyclic) bond motifs is 1. The minimum Gasteiger partial charge on any atom is -0.486 e. The summed E-state index contributed by atoms with van der Waals surface area (Å²) in [5.41, 5.74) is 0.914. The maximum atomic E-state index is 12.5. The zero-order valence-electron chi connectivity index (χ0n) is 18.1. The summed E-state index contributed by atoms with van der Waals surface area (Å²) in [4.78, 5) is 12.3. The molecule has 4 rings (SSSR count). The Balaban J connectivity index is 1.16. The quantitative estimate of drug-likeness (QED) is 0.441. The lowest BCUT2D eigenvalue weighted by molar-refractivity contribution is -0.116. The first-order valence-electron chi connectivity index (χ1n) is 10.8. The number of benzene rings is 2. The lowest BCUT2D eigenvalue weighted by atomic mass is 10.2. The van der Waals surface area contributed by atoms with Crippen LogP contribution in [0.25, 0.3) is 5.69 Å². The molecule has 1 aliphatic rings. The molecule has 0 fully saturated rings. The average molecular weight is 471 g/mol. The van der Waals surface area contributed by atoms with Crippen LogP contribution in [-0.2, 0) is 14.8 Å². The van der Waals surface area contributed by atoms with Gasteiger partial charge in [0.2, 0.25) is 15.9 Å². The van der Waals surface area contributed by atoms with E-state index >= 15 is 0 Å². The van der Waals surface area contributed by atoms with Crippen LogP contribution >= 0.6 is 0 Å². The van der Waals surface area contributed by atoms with Gasteiger partial charge in [0, 0.05) is 31.3 Å². The summed E-state index contributed by atoms with van der Waals surface area (Å²) in [6.45, 7) is 1.14. The van der Waals surface area contributed by atoms with Crippen molar-refractivity contribution in [3.05, 3.63) is 60.8 Å². The molecule has 10 heteroatoms. The number of carbonyl (C=O) groups excluding carboxylic acids is 1. The highest BCUT2D eigenvalue weighted by Gasteiger charge is 2.19. The molecule has 2 N–H and O–H groups in total. The molecule has 1 aromatic heterocycles. The number of unbranched alkanes of at least 4 members (excludes halogenated alkanes) is 2. The minimum atomic E-state index is -3.63. The fourth-order valence-electron chi connectivity index (χ4n) is 3.39. The first kappa shape index (κ1) is 22.8. The van der Waals surface area contributed by atoms with Gasteiger partial charge in [-0.3, -0.25) is 4.79 Å². The number of hydrogen-bond donors (Lipinski definition) is 2. The molecule has 9 nitrogen and oxygen atoms in total. The van der Waals surface area contributed by atoms with E-state index in [9.17, 15) is 13.2 Å². The summed E-state index contributed by atoms with van der Waals surface area (Å²) < 4.78 is 40.1. The average Bonchev–Trinajstić information content (AvgIpc) is 3.30. The molecule has 174 valence electrons. The van der Waals surface area contributed by atoms with E-state index in [0.717, 1.165) is 12.1 Å².